The van der Waals surface area contributed by atoms with Crippen molar-refractivity contribution in [3.8, 4) is 6.07 Å². The van der Waals surface area contributed by atoms with Gasteiger partial charge in [-0.1, -0.05) is 45.0 Å². The van der Waals surface area contributed by atoms with E-state index < -0.39 is 22.5 Å². The van der Waals surface area contributed by atoms with E-state index in [1.54, 1.807) is 18.2 Å². The Hall–Kier alpha value is -2.69. The summed E-state index contributed by atoms with van der Waals surface area (Å²) in [5.74, 6) is -0.494. The second-order valence-electron chi connectivity index (χ2n) is 6.81. The third kappa shape index (κ3) is 4.91. The van der Waals surface area contributed by atoms with Crippen LogP contribution in [-0.4, -0.2) is 20.9 Å². The molecule has 7 heteroatoms. The zero-order valence-corrected chi connectivity index (χ0v) is 15.7. The van der Waals surface area contributed by atoms with E-state index in [9.17, 15) is 13.2 Å². The normalized spacial score (nSPS) is 11.6. The predicted molar refractivity (Wildman–Crippen MR) is 100 cm³/mol. The molecule has 0 unspecified atom stereocenters. The minimum Gasteiger partial charge on any atom is -0.325 e. The fourth-order valence-corrected chi connectivity index (χ4v) is 3.43. The molecular formula is C19H21N3O3S. The molecule has 6 nitrogen and oxygen atoms in total. The third-order valence-corrected chi connectivity index (χ3v) is 5.21. The van der Waals surface area contributed by atoms with Crippen LogP contribution in [0.4, 0.5) is 5.69 Å². The van der Waals surface area contributed by atoms with Gasteiger partial charge in [0.05, 0.1) is 17.0 Å². The number of anilines is 1. The lowest BCUT2D eigenvalue weighted by Crippen LogP contribution is -2.33. The van der Waals surface area contributed by atoms with E-state index in [1.165, 1.54) is 18.2 Å². The molecule has 2 rings (SSSR count). The highest BCUT2D eigenvalue weighted by molar-refractivity contribution is 7.89. The topological polar surface area (TPSA) is 99.1 Å². The van der Waals surface area contributed by atoms with Gasteiger partial charge in [0.2, 0.25) is 15.9 Å². The van der Waals surface area contributed by atoms with E-state index in [4.69, 9.17) is 5.26 Å². The molecule has 0 heterocycles. The van der Waals surface area contributed by atoms with Crippen molar-refractivity contribution < 1.29 is 13.2 Å². The monoisotopic (exact) mass is 371 g/mol. The van der Waals surface area contributed by atoms with E-state index in [0.717, 1.165) is 5.56 Å². The maximum atomic E-state index is 12.3. The molecule has 26 heavy (non-hydrogen) atoms. The summed E-state index contributed by atoms with van der Waals surface area (Å²) in [6, 6.07) is 15.0. The lowest BCUT2D eigenvalue weighted by molar-refractivity contribution is -0.115. The first-order chi connectivity index (χ1) is 12.1. The van der Waals surface area contributed by atoms with Crippen molar-refractivity contribution in [3.05, 3.63) is 59.7 Å². The molecule has 0 aliphatic rings. The SMILES string of the molecule is CC(C)(C)c1ccc(NC(=O)CNS(=O)(=O)c2ccccc2C#N)cc1. The van der Waals surface area contributed by atoms with Gasteiger partial charge >= 0.3 is 0 Å². The molecular weight excluding hydrogens is 350 g/mol. The Labute approximate surface area is 153 Å². The highest BCUT2D eigenvalue weighted by Crippen LogP contribution is 2.23. The van der Waals surface area contributed by atoms with Crippen molar-refractivity contribution in [2.75, 3.05) is 11.9 Å². The lowest BCUT2D eigenvalue weighted by Gasteiger charge is -2.19. The smallest absolute Gasteiger partial charge is 0.242 e. The minimum absolute atomic E-state index is 0.00626. The van der Waals surface area contributed by atoms with Crippen molar-refractivity contribution in [2.24, 2.45) is 0 Å². The average Bonchev–Trinajstić information content (AvgIpc) is 2.60. The Balaban J connectivity index is 2.01. The molecule has 0 fully saturated rings. The number of amides is 1. The van der Waals surface area contributed by atoms with Gasteiger partial charge in [-0.05, 0) is 35.2 Å². The highest BCUT2D eigenvalue weighted by atomic mass is 32.2. The van der Waals surface area contributed by atoms with Crippen LogP contribution in [0.25, 0.3) is 0 Å². The van der Waals surface area contributed by atoms with Crippen LogP contribution in [0, 0.1) is 11.3 Å². The maximum Gasteiger partial charge on any atom is 0.242 e. The number of carbonyl (C=O) groups is 1. The van der Waals surface area contributed by atoms with Gasteiger partial charge in [-0.25, -0.2) is 13.1 Å². The molecule has 0 aromatic heterocycles. The van der Waals surface area contributed by atoms with E-state index in [2.05, 4.69) is 30.8 Å². The number of nitrogens with zero attached hydrogens (tertiary/aromatic N) is 1. The Kier molecular flexibility index (Phi) is 5.80. The maximum absolute atomic E-state index is 12.3. The molecule has 136 valence electrons. The molecule has 0 bridgehead atoms. The molecule has 2 aromatic carbocycles. The first-order valence-electron chi connectivity index (χ1n) is 8.03. The van der Waals surface area contributed by atoms with Crippen LogP contribution in [0.15, 0.2) is 53.4 Å². The van der Waals surface area contributed by atoms with Crippen molar-refractivity contribution in [1.29, 1.82) is 5.26 Å². The molecule has 0 aliphatic heterocycles. The van der Waals surface area contributed by atoms with Gasteiger partial charge in [0.1, 0.15) is 6.07 Å². The van der Waals surface area contributed by atoms with Crippen LogP contribution in [0.2, 0.25) is 0 Å². The Morgan fingerprint density at radius 1 is 1.08 bits per heavy atom. The Bertz CT molecular complexity index is 937. The second-order valence-corrected chi connectivity index (χ2v) is 8.54. The molecule has 0 spiro atoms. The van der Waals surface area contributed by atoms with Gasteiger partial charge in [0.15, 0.2) is 0 Å². The summed E-state index contributed by atoms with van der Waals surface area (Å²) in [4.78, 5) is 11.9. The van der Waals surface area contributed by atoms with Gasteiger partial charge in [-0.2, -0.15) is 5.26 Å². The van der Waals surface area contributed by atoms with Gasteiger partial charge in [0, 0.05) is 5.69 Å². The van der Waals surface area contributed by atoms with Crippen LogP contribution in [0.5, 0.6) is 0 Å². The standard InChI is InChI=1S/C19H21N3O3S/c1-19(2,3)15-8-10-16(11-9-15)22-18(23)13-21-26(24,25)17-7-5-4-6-14(17)12-20/h4-11,21H,13H2,1-3H3,(H,22,23). The zero-order chi connectivity index (χ0) is 19.4. The second kappa shape index (κ2) is 7.68. The summed E-state index contributed by atoms with van der Waals surface area (Å²) < 4.78 is 26.8. The summed E-state index contributed by atoms with van der Waals surface area (Å²) in [5.41, 5.74) is 1.74. The van der Waals surface area contributed by atoms with Gasteiger partial charge < -0.3 is 5.32 Å². The fraction of sp³-hybridized carbons (Fsp3) is 0.263. The lowest BCUT2D eigenvalue weighted by atomic mass is 9.87. The van der Waals surface area contributed by atoms with Crippen LogP contribution >= 0.6 is 0 Å². The molecule has 2 aromatic rings. The highest BCUT2D eigenvalue weighted by Gasteiger charge is 2.19. The summed E-state index contributed by atoms with van der Waals surface area (Å²) in [6.07, 6.45) is 0. The molecule has 0 atom stereocenters. The number of nitrogens with one attached hydrogen (secondary N) is 2. The molecule has 0 saturated carbocycles. The summed E-state index contributed by atoms with van der Waals surface area (Å²) in [7, 11) is -3.95. The largest absolute Gasteiger partial charge is 0.325 e. The van der Waals surface area contributed by atoms with Gasteiger partial charge in [-0.15, -0.1) is 0 Å². The van der Waals surface area contributed by atoms with E-state index in [0.29, 0.717) is 5.69 Å². The molecule has 1 amide bonds. The quantitative estimate of drug-likeness (QED) is 0.844. The number of nitriles is 1. The third-order valence-electron chi connectivity index (χ3n) is 3.75. The number of hydrogen-bond donors (Lipinski definition) is 2. The molecule has 2 N–H and O–H groups in total. The minimum atomic E-state index is -3.95. The van der Waals surface area contributed by atoms with E-state index >= 15 is 0 Å². The fourth-order valence-electron chi connectivity index (χ4n) is 2.29. The Morgan fingerprint density at radius 3 is 2.27 bits per heavy atom. The summed E-state index contributed by atoms with van der Waals surface area (Å²) in [6.45, 7) is 5.85. The van der Waals surface area contributed by atoms with Crippen molar-refractivity contribution in [2.45, 2.75) is 31.1 Å². The Morgan fingerprint density at radius 2 is 1.69 bits per heavy atom. The van der Waals surface area contributed by atoms with Crippen molar-refractivity contribution in [1.82, 2.24) is 4.72 Å². The van der Waals surface area contributed by atoms with Crippen LogP contribution < -0.4 is 10.0 Å². The number of benzene rings is 2. The molecule has 0 radical (unpaired) electrons. The van der Waals surface area contributed by atoms with Crippen molar-refractivity contribution >= 4 is 21.6 Å². The van der Waals surface area contributed by atoms with Crippen LogP contribution in [0.1, 0.15) is 31.9 Å². The van der Waals surface area contributed by atoms with Gasteiger partial charge in [0.25, 0.3) is 0 Å². The summed E-state index contributed by atoms with van der Waals surface area (Å²) >= 11 is 0. The number of rotatable bonds is 5. The van der Waals surface area contributed by atoms with Gasteiger partial charge in [-0.3, -0.25) is 4.79 Å². The molecule has 0 saturated heterocycles. The van der Waals surface area contributed by atoms with Crippen molar-refractivity contribution in [3.63, 3.8) is 0 Å². The average molecular weight is 371 g/mol. The number of sulfonamides is 1. The first kappa shape index (κ1) is 19.6. The number of carbonyl (C=O) groups excluding carboxylic acids is 1. The van der Waals surface area contributed by atoms with E-state index in [1.807, 2.05) is 18.2 Å². The number of hydrogen-bond acceptors (Lipinski definition) is 4. The van der Waals surface area contributed by atoms with E-state index in [-0.39, 0.29) is 15.9 Å². The molecule has 0 aliphatic carbocycles. The van der Waals surface area contributed by atoms with Crippen LogP contribution in [0.3, 0.4) is 0 Å². The summed E-state index contributed by atoms with van der Waals surface area (Å²) in [5, 5.41) is 11.7. The first-order valence-corrected chi connectivity index (χ1v) is 9.51. The predicted octanol–water partition coefficient (Wildman–Crippen LogP) is 2.77. The van der Waals surface area contributed by atoms with Crippen LogP contribution in [-0.2, 0) is 20.2 Å². The zero-order valence-electron chi connectivity index (χ0n) is 14.9.